The Hall–Kier alpha value is -4.00. The average Bonchev–Trinajstić information content (AvgIpc) is 2.83. The van der Waals surface area contributed by atoms with Gasteiger partial charge in [0.2, 0.25) is 0 Å². The van der Waals surface area contributed by atoms with Crippen LogP contribution in [-0.2, 0) is 22.8 Å². The number of alkyl halides is 3. The van der Waals surface area contributed by atoms with E-state index in [1.807, 2.05) is 30.3 Å². The minimum Gasteiger partial charge on any atom is -0.299 e. The van der Waals surface area contributed by atoms with Crippen molar-refractivity contribution in [2.45, 2.75) is 38.8 Å². The van der Waals surface area contributed by atoms with E-state index in [2.05, 4.69) is 37.9 Å². The number of halogens is 3. The van der Waals surface area contributed by atoms with Crippen molar-refractivity contribution in [1.29, 1.82) is 5.41 Å². The fourth-order valence-electron chi connectivity index (χ4n) is 4.53. The third kappa shape index (κ3) is 4.15. The van der Waals surface area contributed by atoms with Gasteiger partial charge in [-0.2, -0.15) is 13.2 Å². The zero-order chi connectivity index (χ0) is 25.8. The van der Waals surface area contributed by atoms with Crippen molar-refractivity contribution >= 4 is 33.9 Å². The standard InChI is InChI=1S/C29H24F3N3O/c1-28(2,3)20-10-7-17(8-11-20)18-9-12-25-23(13-18)26-19(16-34-25)14-24(33)27(36)35(26)22-6-4-5-21(15-22)29(30,31)32/h4-13,15-16,33H,14H2,1-3H3. The maximum Gasteiger partial charge on any atom is 0.416 e. The molecule has 5 rings (SSSR count). The number of nitrogens with zero attached hydrogens (tertiary/aromatic N) is 2. The topological polar surface area (TPSA) is 57.1 Å². The van der Waals surface area contributed by atoms with Gasteiger partial charge in [0.1, 0.15) is 5.71 Å². The van der Waals surface area contributed by atoms with Crippen LogP contribution in [0.5, 0.6) is 0 Å². The van der Waals surface area contributed by atoms with Gasteiger partial charge in [-0.3, -0.25) is 20.1 Å². The number of benzene rings is 3. The second-order valence-corrected chi connectivity index (χ2v) is 10.0. The number of anilines is 2. The number of aromatic nitrogens is 1. The molecule has 1 N–H and O–H groups in total. The van der Waals surface area contributed by atoms with Crippen LogP contribution < -0.4 is 4.90 Å². The predicted octanol–water partition coefficient (Wildman–Crippen LogP) is 7.46. The number of nitrogens with one attached hydrogen (secondary N) is 1. The molecule has 1 aromatic heterocycles. The molecule has 4 nitrogen and oxygen atoms in total. The second-order valence-electron chi connectivity index (χ2n) is 10.0. The molecule has 0 radical (unpaired) electrons. The van der Waals surface area contributed by atoms with E-state index in [9.17, 15) is 18.0 Å². The van der Waals surface area contributed by atoms with Crippen LogP contribution in [0.25, 0.3) is 22.0 Å². The lowest BCUT2D eigenvalue weighted by atomic mass is 9.86. The number of hydrogen-bond donors (Lipinski definition) is 1. The van der Waals surface area contributed by atoms with E-state index in [4.69, 9.17) is 5.41 Å². The molecule has 1 aliphatic rings. The number of fused-ring (bicyclic) bond motifs is 3. The largest absolute Gasteiger partial charge is 0.416 e. The molecule has 2 heterocycles. The van der Waals surface area contributed by atoms with Crippen molar-refractivity contribution in [3.05, 3.63) is 89.6 Å². The highest BCUT2D eigenvalue weighted by molar-refractivity contribution is 6.46. The van der Waals surface area contributed by atoms with Gasteiger partial charge in [-0.1, -0.05) is 57.2 Å². The Balaban J connectivity index is 1.70. The van der Waals surface area contributed by atoms with E-state index in [1.54, 1.807) is 6.20 Å². The van der Waals surface area contributed by atoms with Gasteiger partial charge >= 0.3 is 6.18 Å². The Bertz CT molecular complexity index is 1520. The lowest BCUT2D eigenvalue weighted by molar-refractivity contribution is -0.137. The summed E-state index contributed by atoms with van der Waals surface area (Å²) >= 11 is 0. The number of hydrogen-bond acceptors (Lipinski definition) is 3. The summed E-state index contributed by atoms with van der Waals surface area (Å²) in [7, 11) is 0. The number of carbonyl (C=O) groups is 1. The van der Waals surface area contributed by atoms with Crippen LogP contribution in [0.2, 0.25) is 0 Å². The summed E-state index contributed by atoms with van der Waals surface area (Å²) in [6.07, 6.45) is -2.90. The van der Waals surface area contributed by atoms with Crippen LogP contribution in [0.1, 0.15) is 37.5 Å². The van der Waals surface area contributed by atoms with E-state index in [0.717, 1.165) is 23.3 Å². The first-order chi connectivity index (χ1) is 16.9. The molecule has 1 aliphatic heterocycles. The van der Waals surface area contributed by atoms with Gasteiger partial charge in [0.05, 0.1) is 16.8 Å². The first kappa shape index (κ1) is 23.7. The zero-order valence-corrected chi connectivity index (χ0v) is 20.1. The predicted molar refractivity (Wildman–Crippen MR) is 136 cm³/mol. The smallest absolute Gasteiger partial charge is 0.299 e. The van der Waals surface area contributed by atoms with Crippen LogP contribution in [0.3, 0.4) is 0 Å². The molecule has 0 saturated carbocycles. The van der Waals surface area contributed by atoms with Crippen molar-refractivity contribution in [3.8, 4) is 11.1 Å². The molecule has 4 aromatic rings. The summed E-state index contributed by atoms with van der Waals surface area (Å²) in [6.45, 7) is 6.44. The van der Waals surface area contributed by atoms with Gasteiger partial charge in [0.25, 0.3) is 5.91 Å². The first-order valence-corrected chi connectivity index (χ1v) is 11.6. The molecule has 7 heteroatoms. The molecule has 0 bridgehead atoms. The summed E-state index contributed by atoms with van der Waals surface area (Å²) in [6, 6.07) is 18.6. The third-order valence-electron chi connectivity index (χ3n) is 6.48. The van der Waals surface area contributed by atoms with Gasteiger partial charge in [0.15, 0.2) is 0 Å². The highest BCUT2D eigenvalue weighted by Gasteiger charge is 2.35. The highest BCUT2D eigenvalue weighted by Crippen LogP contribution is 2.41. The molecule has 0 saturated heterocycles. The summed E-state index contributed by atoms with van der Waals surface area (Å²) in [4.78, 5) is 18.9. The Kier molecular flexibility index (Phi) is 5.47. The Morgan fingerprint density at radius 3 is 2.25 bits per heavy atom. The maximum absolute atomic E-state index is 13.4. The molecule has 36 heavy (non-hydrogen) atoms. The highest BCUT2D eigenvalue weighted by atomic mass is 19.4. The summed E-state index contributed by atoms with van der Waals surface area (Å²) < 4.78 is 40.3. The van der Waals surface area contributed by atoms with Crippen LogP contribution in [0, 0.1) is 5.41 Å². The summed E-state index contributed by atoms with van der Waals surface area (Å²) in [5.41, 5.74) is 3.79. The number of rotatable bonds is 2. The van der Waals surface area contributed by atoms with Gasteiger partial charge in [0, 0.05) is 29.3 Å². The van der Waals surface area contributed by atoms with E-state index >= 15 is 0 Å². The lowest BCUT2D eigenvalue weighted by Gasteiger charge is -2.31. The molecule has 0 unspecified atom stereocenters. The fraction of sp³-hybridized carbons (Fsp3) is 0.207. The van der Waals surface area contributed by atoms with Crippen LogP contribution in [0.15, 0.2) is 72.9 Å². The second kappa shape index (κ2) is 8.29. The Morgan fingerprint density at radius 2 is 1.58 bits per heavy atom. The summed E-state index contributed by atoms with van der Waals surface area (Å²) in [5, 5.41) is 8.84. The fourth-order valence-corrected chi connectivity index (χ4v) is 4.53. The zero-order valence-electron chi connectivity index (χ0n) is 20.1. The van der Waals surface area contributed by atoms with E-state index in [0.29, 0.717) is 22.2 Å². The third-order valence-corrected chi connectivity index (χ3v) is 6.48. The Morgan fingerprint density at radius 1 is 0.889 bits per heavy atom. The normalized spacial score (nSPS) is 14.3. The number of carbonyl (C=O) groups excluding carboxylic acids is 1. The molecule has 0 spiro atoms. The van der Waals surface area contributed by atoms with Crippen LogP contribution in [-0.4, -0.2) is 16.6 Å². The van der Waals surface area contributed by atoms with Gasteiger partial charge in [-0.15, -0.1) is 0 Å². The maximum atomic E-state index is 13.4. The molecule has 0 fully saturated rings. The minimum atomic E-state index is -4.56. The van der Waals surface area contributed by atoms with E-state index in [-0.39, 0.29) is 23.2 Å². The molecule has 0 atom stereocenters. The summed E-state index contributed by atoms with van der Waals surface area (Å²) in [5.74, 6) is -0.644. The Labute approximate surface area is 206 Å². The molecular formula is C29H24F3N3O. The quantitative estimate of drug-likeness (QED) is 0.319. The van der Waals surface area contributed by atoms with Gasteiger partial charge in [-0.25, -0.2) is 0 Å². The van der Waals surface area contributed by atoms with Crippen molar-refractivity contribution in [1.82, 2.24) is 4.98 Å². The van der Waals surface area contributed by atoms with E-state index < -0.39 is 17.6 Å². The van der Waals surface area contributed by atoms with Crippen molar-refractivity contribution in [2.75, 3.05) is 4.90 Å². The number of amides is 1. The molecule has 182 valence electrons. The minimum absolute atomic E-state index is 0.0151. The van der Waals surface area contributed by atoms with Gasteiger partial charge in [-0.05, 0) is 52.4 Å². The SMILES string of the molecule is CC(C)(C)c1ccc(-c2ccc3ncc4c(c3c2)N(c2cccc(C(F)(F)F)c2)C(=O)C(=N)C4)cc1. The van der Waals surface area contributed by atoms with E-state index in [1.165, 1.54) is 22.6 Å². The molecule has 0 aliphatic carbocycles. The molecule has 1 amide bonds. The van der Waals surface area contributed by atoms with Crippen molar-refractivity contribution in [2.24, 2.45) is 0 Å². The average molecular weight is 488 g/mol. The van der Waals surface area contributed by atoms with Crippen LogP contribution >= 0.6 is 0 Å². The van der Waals surface area contributed by atoms with Crippen LogP contribution in [0.4, 0.5) is 24.5 Å². The molecule has 3 aromatic carbocycles. The monoisotopic (exact) mass is 487 g/mol. The molecular weight excluding hydrogens is 463 g/mol. The number of pyridine rings is 1. The lowest BCUT2D eigenvalue weighted by Crippen LogP contribution is -2.38. The van der Waals surface area contributed by atoms with Gasteiger partial charge < -0.3 is 0 Å². The first-order valence-electron chi connectivity index (χ1n) is 11.6. The van der Waals surface area contributed by atoms with Crippen molar-refractivity contribution in [3.63, 3.8) is 0 Å². The van der Waals surface area contributed by atoms with Crippen molar-refractivity contribution < 1.29 is 18.0 Å².